The summed E-state index contributed by atoms with van der Waals surface area (Å²) in [6, 6.07) is 0. The molecule has 0 fully saturated rings. The van der Waals surface area contributed by atoms with Crippen LogP contribution in [-0.2, 0) is 17.1 Å². The van der Waals surface area contributed by atoms with Gasteiger partial charge in [0, 0.05) is 0 Å². The van der Waals surface area contributed by atoms with E-state index < -0.39 is 18.5 Å². The summed E-state index contributed by atoms with van der Waals surface area (Å²) in [5, 5.41) is 45.9. The van der Waals surface area contributed by atoms with Gasteiger partial charge in [-0.2, -0.15) is 0 Å². The Balaban J connectivity index is -0.0000000450. The third kappa shape index (κ3) is 257. The first-order valence-electron chi connectivity index (χ1n) is 1.90. The first-order valence-corrected chi connectivity index (χ1v) is 1.90. The van der Waals surface area contributed by atoms with Crippen molar-refractivity contribution < 1.29 is 62.1 Å². The van der Waals surface area contributed by atoms with E-state index in [-0.39, 0.29) is 17.1 Å². The fourth-order valence-corrected chi connectivity index (χ4v) is 0. The van der Waals surface area contributed by atoms with Crippen LogP contribution in [0.3, 0.4) is 0 Å². The van der Waals surface area contributed by atoms with E-state index in [1.165, 1.54) is 0 Å². The SMILES string of the molecule is O=C([O-])O.O=C([O-])O.O=C([O-])O.[Fe+3]. The van der Waals surface area contributed by atoms with Crippen molar-refractivity contribution in [2.45, 2.75) is 0 Å². The van der Waals surface area contributed by atoms with Gasteiger partial charge >= 0.3 is 17.1 Å². The van der Waals surface area contributed by atoms with Crippen LogP contribution in [0.25, 0.3) is 0 Å². The number of hydrogen-bond donors (Lipinski definition) is 3. The van der Waals surface area contributed by atoms with Gasteiger partial charge in [0.2, 0.25) is 18.5 Å². The van der Waals surface area contributed by atoms with Gasteiger partial charge < -0.3 is 45.0 Å². The Morgan fingerprint density at radius 1 is 0.692 bits per heavy atom. The van der Waals surface area contributed by atoms with Crippen LogP contribution in [0.1, 0.15) is 0 Å². The molecule has 0 atom stereocenters. The Morgan fingerprint density at radius 2 is 0.692 bits per heavy atom. The first-order chi connectivity index (χ1) is 5.20. The summed E-state index contributed by atoms with van der Waals surface area (Å²) in [4.78, 5) is 25.3. The van der Waals surface area contributed by atoms with Gasteiger partial charge in [-0.3, -0.25) is 0 Å². The summed E-state index contributed by atoms with van der Waals surface area (Å²) >= 11 is 0. The van der Waals surface area contributed by atoms with E-state index in [2.05, 4.69) is 0 Å². The molecule has 0 aliphatic rings. The van der Waals surface area contributed by atoms with Crippen molar-refractivity contribution in [1.82, 2.24) is 0 Å². The average Bonchev–Trinajstić information content (AvgIpc) is 1.54. The van der Waals surface area contributed by atoms with Gasteiger partial charge in [0.25, 0.3) is 0 Å². The zero-order valence-corrected chi connectivity index (χ0v) is 6.75. The summed E-state index contributed by atoms with van der Waals surface area (Å²) < 4.78 is 0. The summed E-state index contributed by atoms with van der Waals surface area (Å²) in [5.41, 5.74) is 0. The molecule has 10 heteroatoms. The molecular weight excluding hydrogens is 236 g/mol. The van der Waals surface area contributed by atoms with Gasteiger partial charge in [0.15, 0.2) is 0 Å². The van der Waals surface area contributed by atoms with E-state index in [0.717, 1.165) is 0 Å². The minimum Gasteiger partial charge on any atom is -0.565 e. The Morgan fingerprint density at radius 3 is 0.692 bits per heavy atom. The van der Waals surface area contributed by atoms with Gasteiger partial charge in [-0.15, -0.1) is 0 Å². The van der Waals surface area contributed by atoms with Gasteiger partial charge in [-0.25, -0.2) is 0 Å². The summed E-state index contributed by atoms with van der Waals surface area (Å²) in [6.07, 6.45) is -6.25. The molecule has 9 nitrogen and oxygen atoms in total. The molecular formula is C3H3FeO9. The number of carboxylic acid groups (broad SMARTS) is 6. The number of rotatable bonds is 0. The molecule has 0 unspecified atom stereocenters. The van der Waals surface area contributed by atoms with Crippen molar-refractivity contribution in [1.29, 1.82) is 0 Å². The topological polar surface area (TPSA) is 181 Å². The predicted molar refractivity (Wildman–Crippen MR) is 24.1 cm³/mol. The molecule has 1 radical (unpaired) electrons. The zero-order valence-electron chi connectivity index (χ0n) is 5.64. The van der Waals surface area contributed by atoms with E-state index in [1.807, 2.05) is 0 Å². The molecule has 0 saturated heterocycles. The second-order valence-electron chi connectivity index (χ2n) is 0.798. The van der Waals surface area contributed by atoms with Gasteiger partial charge in [0.05, 0.1) is 0 Å². The molecule has 0 aromatic heterocycles. The maximum Gasteiger partial charge on any atom is 3.00 e. The van der Waals surface area contributed by atoms with E-state index in [0.29, 0.717) is 0 Å². The maximum atomic E-state index is 8.44. The minimum absolute atomic E-state index is 0. The largest absolute Gasteiger partial charge is 3.00 e. The molecule has 0 spiro atoms. The second kappa shape index (κ2) is 16.7. The molecule has 0 rings (SSSR count). The molecule has 77 valence electrons. The summed E-state index contributed by atoms with van der Waals surface area (Å²) in [5.74, 6) is 0. The summed E-state index contributed by atoms with van der Waals surface area (Å²) in [6.45, 7) is 0. The average molecular weight is 239 g/mol. The molecule has 0 heterocycles. The van der Waals surface area contributed by atoms with E-state index in [4.69, 9.17) is 45.0 Å². The fraction of sp³-hybridized carbons (Fsp3) is 0. The summed E-state index contributed by atoms with van der Waals surface area (Å²) in [7, 11) is 0. The number of hydrogen-bond acceptors (Lipinski definition) is 6. The third-order valence-corrected chi connectivity index (χ3v) is 0. The molecule has 0 aromatic carbocycles. The monoisotopic (exact) mass is 239 g/mol. The quantitative estimate of drug-likeness (QED) is 0.363. The third-order valence-electron chi connectivity index (χ3n) is 0. The van der Waals surface area contributed by atoms with Crippen LogP contribution in [0.15, 0.2) is 0 Å². The van der Waals surface area contributed by atoms with Gasteiger partial charge in [0.1, 0.15) is 0 Å². The van der Waals surface area contributed by atoms with Crippen molar-refractivity contribution in [2.24, 2.45) is 0 Å². The van der Waals surface area contributed by atoms with E-state index in [9.17, 15) is 0 Å². The van der Waals surface area contributed by atoms with Crippen LogP contribution in [0.5, 0.6) is 0 Å². The van der Waals surface area contributed by atoms with Gasteiger partial charge in [-0.1, -0.05) is 0 Å². The molecule has 0 bridgehead atoms. The van der Waals surface area contributed by atoms with Crippen LogP contribution >= 0.6 is 0 Å². The Labute approximate surface area is 81.3 Å². The Kier molecular flexibility index (Phi) is 29.0. The molecule has 0 saturated carbocycles. The van der Waals surface area contributed by atoms with Crippen LogP contribution < -0.4 is 15.3 Å². The Hall–Kier alpha value is -1.67. The molecule has 0 amide bonds. The standard InChI is InChI=1S/3CH2O3.Fe/c3*2-1(3)4;/h3*(H2,2,3,4);/q;;;+3/p-3. The smallest absolute Gasteiger partial charge is 0.565 e. The minimum atomic E-state index is -2.08. The molecule has 13 heavy (non-hydrogen) atoms. The van der Waals surface area contributed by atoms with Crippen LogP contribution in [0.4, 0.5) is 14.4 Å². The first kappa shape index (κ1) is 22.5. The van der Waals surface area contributed by atoms with E-state index >= 15 is 0 Å². The predicted octanol–water partition coefficient (Wildman–Crippen LogP) is -3.34. The fourth-order valence-electron chi connectivity index (χ4n) is 0. The van der Waals surface area contributed by atoms with Crippen molar-refractivity contribution >= 4 is 18.5 Å². The van der Waals surface area contributed by atoms with Crippen molar-refractivity contribution in [3.05, 3.63) is 0 Å². The van der Waals surface area contributed by atoms with Gasteiger partial charge in [-0.05, 0) is 0 Å². The Bertz CT molecular complexity index is 112. The van der Waals surface area contributed by atoms with Crippen molar-refractivity contribution in [2.75, 3.05) is 0 Å². The van der Waals surface area contributed by atoms with Crippen molar-refractivity contribution in [3.63, 3.8) is 0 Å². The van der Waals surface area contributed by atoms with Crippen molar-refractivity contribution in [3.8, 4) is 0 Å². The molecule has 0 aromatic rings. The molecule has 0 aliphatic heterocycles. The van der Waals surface area contributed by atoms with Crippen LogP contribution in [-0.4, -0.2) is 33.8 Å². The normalized spacial score (nSPS) is 5.54. The van der Waals surface area contributed by atoms with Crippen LogP contribution in [0.2, 0.25) is 0 Å². The van der Waals surface area contributed by atoms with E-state index in [1.54, 1.807) is 0 Å². The molecule has 3 N–H and O–H groups in total. The zero-order chi connectivity index (χ0) is 10.7. The second-order valence-corrected chi connectivity index (χ2v) is 0.798. The molecule has 0 aliphatic carbocycles. The number of carbonyl (C=O) groups is 3. The van der Waals surface area contributed by atoms with Crippen LogP contribution in [0, 0.1) is 0 Å². The maximum absolute atomic E-state index is 8.44.